The molecule has 2 heterocycles. The van der Waals surface area contributed by atoms with E-state index in [1.54, 1.807) is 20.8 Å². The highest BCUT2D eigenvalue weighted by Crippen LogP contribution is 2.41. The molecule has 0 aromatic heterocycles. The average molecular weight is 280 g/mol. The lowest BCUT2D eigenvalue weighted by Crippen LogP contribution is -2.44. The fourth-order valence-corrected chi connectivity index (χ4v) is 2.81. The van der Waals surface area contributed by atoms with Crippen LogP contribution < -0.4 is 0 Å². The van der Waals surface area contributed by atoms with Crippen molar-refractivity contribution in [2.45, 2.75) is 45.3 Å². The van der Waals surface area contributed by atoms with Gasteiger partial charge in [0.15, 0.2) is 11.2 Å². The van der Waals surface area contributed by atoms with Crippen molar-refractivity contribution in [3.63, 3.8) is 0 Å². The minimum atomic E-state index is -0.902. The van der Waals surface area contributed by atoms with Gasteiger partial charge in [0.05, 0.1) is 19.4 Å². The van der Waals surface area contributed by atoms with Crippen molar-refractivity contribution >= 4 is 11.8 Å². The fraction of sp³-hybridized carbons (Fsp3) is 0.600. The van der Waals surface area contributed by atoms with Gasteiger partial charge in [-0.3, -0.25) is 4.79 Å². The Kier molecular flexibility index (Phi) is 3.40. The lowest BCUT2D eigenvalue weighted by Gasteiger charge is -2.35. The molecule has 2 aliphatic rings. The normalized spacial score (nSPS) is 34.2. The van der Waals surface area contributed by atoms with Crippen LogP contribution in [0.15, 0.2) is 23.7 Å². The van der Waals surface area contributed by atoms with Crippen LogP contribution in [-0.2, 0) is 23.8 Å². The molecular weight excluding hydrogens is 260 g/mol. The molecule has 3 unspecified atom stereocenters. The van der Waals surface area contributed by atoms with Crippen molar-refractivity contribution < 1.29 is 23.8 Å². The van der Waals surface area contributed by atoms with E-state index in [0.29, 0.717) is 17.8 Å². The highest BCUT2D eigenvalue weighted by atomic mass is 16.6. The number of carbonyl (C=O) groups is 2. The minimum Gasteiger partial charge on any atom is -0.497 e. The fourth-order valence-electron chi connectivity index (χ4n) is 2.81. The van der Waals surface area contributed by atoms with Gasteiger partial charge in [0, 0.05) is 17.9 Å². The van der Waals surface area contributed by atoms with Crippen molar-refractivity contribution in [2.75, 3.05) is 7.11 Å². The van der Waals surface area contributed by atoms with E-state index in [1.165, 1.54) is 19.4 Å². The van der Waals surface area contributed by atoms with Gasteiger partial charge in [0.1, 0.15) is 5.76 Å². The van der Waals surface area contributed by atoms with E-state index in [-0.39, 0.29) is 11.7 Å². The number of cyclic esters (lactones) is 1. The van der Waals surface area contributed by atoms with E-state index in [0.717, 1.165) is 0 Å². The maximum Gasteiger partial charge on any atom is 0.335 e. The standard InChI is InChI=1S/C15H20O5/c1-9-8-19-14(3,13(9)17)7-10(2)15(4)11(18-5)6-12(16)20-15/h6,8,10H,7H2,1-5H3. The second kappa shape index (κ2) is 4.65. The summed E-state index contributed by atoms with van der Waals surface area (Å²) in [7, 11) is 1.50. The number of methoxy groups -OCH3 is 1. The third-order valence-corrected chi connectivity index (χ3v) is 4.24. The zero-order valence-corrected chi connectivity index (χ0v) is 12.5. The first kappa shape index (κ1) is 14.6. The number of carbonyl (C=O) groups excluding carboxylic acids is 2. The highest BCUT2D eigenvalue weighted by Gasteiger charge is 2.50. The Bertz CT molecular complexity index is 518. The van der Waals surface area contributed by atoms with Gasteiger partial charge in [0.25, 0.3) is 0 Å². The van der Waals surface area contributed by atoms with Crippen LogP contribution in [0.4, 0.5) is 0 Å². The van der Waals surface area contributed by atoms with Gasteiger partial charge in [-0.25, -0.2) is 4.79 Å². The maximum atomic E-state index is 12.2. The van der Waals surface area contributed by atoms with Gasteiger partial charge in [-0.1, -0.05) is 6.92 Å². The molecule has 20 heavy (non-hydrogen) atoms. The first-order valence-corrected chi connectivity index (χ1v) is 6.61. The number of hydrogen-bond acceptors (Lipinski definition) is 5. The number of Topliss-reactive ketones (excluding diaryl/α,β-unsaturated/α-hetero) is 1. The number of ether oxygens (including phenoxy) is 3. The van der Waals surface area contributed by atoms with Crippen LogP contribution in [0, 0.1) is 5.92 Å². The Labute approximate surface area is 118 Å². The summed E-state index contributed by atoms with van der Waals surface area (Å²) in [6.07, 6.45) is 3.27. The molecule has 110 valence electrons. The van der Waals surface area contributed by atoms with E-state index in [9.17, 15) is 9.59 Å². The molecule has 0 radical (unpaired) electrons. The van der Waals surface area contributed by atoms with Gasteiger partial charge in [0.2, 0.25) is 5.78 Å². The Morgan fingerprint density at radius 1 is 1.35 bits per heavy atom. The van der Waals surface area contributed by atoms with E-state index in [2.05, 4.69) is 0 Å². The lowest BCUT2D eigenvalue weighted by atomic mass is 9.79. The van der Waals surface area contributed by atoms with Gasteiger partial charge < -0.3 is 14.2 Å². The minimum absolute atomic E-state index is 0.0276. The van der Waals surface area contributed by atoms with Crippen LogP contribution in [0.5, 0.6) is 0 Å². The number of esters is 1. The predicted molar refractivity (Wildman–Crippen MR) is 71.6 cm³/mol. The molecule has 0 spiro atoms. The molecule has 0 aromatic carbocycles. The van der Waals surface area contributed by atoms with E-state index >= 15 is 0 Å². The Morgan fingerprint density at radius 2 is 2.00 bits per heavy atom. The molecule has 3 atom stereocenters. The molecule has 0 aliphatic carbocycles. The molecule has 0 saturated carbocycles. The van der Waals surface area contributed by atoms with Crippen molar-refractivity contribution in [2.24, 2.45) is 5.92 Å². The van der Waals surface area contributed by atoms with E-state index in [1.807, 2.05) is 6.92 Å². The molecule has 5 nitrogen and oxygen atoms in total. The average Bonchev–Trinajstić information content (AvgIpc) is 2.82. The van der Waals surface area contributed by atoms with Crippen LogP contribution >= 0.6 is 0 Å². The van der Waals surface area contributed by atoms with E-state index < -0.39 is 17.2 Å². The zero-order chi connectivity index (χ0) is 15.1. The van der Waals surface area contributed by atoms with Crippen molar-refractivity contribution in [1.29, 1.82) is 0 Å². The molecule has 2 rings (SSSR count). The molecule has 0 bridgehead atoms. The van der Waals surface area contributed by atoms with Crippen molar-refractivity contribution in [1.82, 2.24) is 0 Å². The third-order valence-electron chi connectivity index (χ3n) is 4.24. The topological polar surface area (TPSA) is 61.8 Å². The van der Waals surface area contributed by atoms with Crippen LogP contribution in [0.25, 0.3) is 0 Å². The quantitative estimate of drug-likeness (QED) is 0.738. The molecular formula is C15H20O5. The molecule has 0 saturated heterocycles. The summed E-state index contributed by atoms with van der Waals surface area (Å²) >= 11 is 0. The van der Waals surface area contributed by atoms with Crippen LogP contribution in [0.2, 0.25) is 0 Å². The van der Waals surface area contributed by atoms with Crippen LogP contribution in [0.1, 0.15) is 34.1 Å². The molecule has 2 aliphatic heterocycles. The second-order valence-corrected chi connectivity index (χ2v) is 5.82. The molecule has 0 N–H and O–H groups in total. The summed E-state index contributed by atoms with van der Waals surface area (Å²) in [4.78, 5) is 23.6. The van der Waals surface area contributed by atoms with Crippen molar-refractivity contribution in [3.05, 3.63) is 23.7 Å². The highest BCUT2D eigenvalue weighted by molar-refractivity contribution is 6.02. The summed E-state index contributed by atoms with van der Waals surface area (Å²) in [5.41, 5.74) is -1.16. The molecule has 0 fully saturated rings. The van der Waals surface area contributed by atoms with Crippen LogP contribution in [0.3, 0.4) is 0 Å². The first-order chi connectivity index (χ1) is 9.23. The SMILES string of the molecule is COC1=CC(=O)OC1(C)C(C)CC1(C)OC=C(C)C1=O. The molecule has 5 heteroatoms. The smallest absolute Gasteiger partial charge is 0.335 e. The summed E-state index contributed by atoms with van der Waals surface area (Å²) in [6, 6.07) is 0. The van der Waals surface area contributed by atoms with Gasteiger partial charge in [-0.05, 0) is 20.8 Å². The van der Waals surface area contributed by atoms with Gasteiger partial charge >= 0.3 is 5.97 Å². The molecule has 0 amide bonds. The summed E-state index contributed by atoms with van der Waals surface area (Å²) in [5.74, 6) is -0.100. The van der Waals surface area contributed by atoms with Gasteiger partial charge in [-0.2, -0.15) is 0 Å². The Morgan fingerprint density at radius 3 is 2.50 bits per heavy atom. The second-order valence-electron chi connectivity index (χ2n) is 5.82. The monoisotopic (exact) mass is 280 g/mol. The zero-order valence-electron chi connectivity index (χ0n) is 12.5. The number of hydrogen-bond donors (Lipinski definition) is 0. The van der Waals surface area contributed by atoms with Crippen molar-refractivity contribution in [3.8, 4) is 0 Å². The van der Waals surface area contributed by atoms with Crippen LogP contribution in [-0.4, -0.2) is 30.1 Å². The Hall–Kier alpha value is -1.78. The summed E-state index contributed by atoms with van der Waals surface area (Å²) in [6.45, 7) is 7.20. The van der Waals surface area contributed by atoms with E-state index in [4.69, 9.17) is 14.2 Å². The number of ketones is 1. The summed E-state index contributed by atoms with van der Waals surface area (Å²) < 4.78 is 16.2. The lowest BCUT2D eigenvalue weighted by molar-refractivity contribution is -0.153. The summed E-state index contributed by atoms with van der Waals surface area (Å²) in [5, 5.41) is 0. The maximum absolute atomic E-state index is 12.2. The Balaban J connectivity index is 2.17. The predicted octanol–water partition coefficient (Wildman–Crippen LogP) is 2.12. The first-order valence-electron chi connectivity index (χ1n) is 6.61. The molecule has 0 aromatic rings. The number of rotatable bonds is 4. The van der Waals surface area contributed by atoms with Gasteiger partial charge in [-0.15, -0.1) is 0 Å². The third kappa shape index (κ3) is 2.11. The largest absolute Gasteiger partial charge is 0.497 e.